The highest BCUT2D eigenvalue weighted by Crippen LogP contribution is 2.27. The average molecular weight is 302 g/mol. The Kier molecular flexibility index (Phi) is 4.60. The number of carbonyl (C=O) groups excluding carboxylic acids is 3. The zero-order valence-electron chi connectivity index (χ0n) is 12.5. The molecule has 116 valence electrons. The largest absolute Gasteiger partial charge is 0.463 e. The van der Waals surface area contributed by atoms with Crippen molar-refractivity contribution >= 4 is 17.8 Å². The lowest BCUT2D eigenvalue weighted by molar-refractivity contribution is -0.137. The van der Waals surface area contributed by atoms with Crippen molar-refractivity contribution in [2.24, 2.45) is 5.73 Å². The number of carbonyl (C=O) groups is 3. The van der Waals surface area contributed by atoms with Crippen LogP contribution in [0, 0.1) is 0 Å². The SMILES string of the molecule is CCOC(=O)/C=C(\N)C(CC)N1C(=O)c2ccccc2C1=O. The lowest BCUT2D eigenvalue weighted by Crippen LogP contribution is -2.42. The van der Waals surface area contributed by atoms with Gasteiger partial charge < -0.3 is 10.5 Å². The lowest BCUT2D eigenvalue weighted by Gasteiger charge is -2.25. The molecule has 2 amide bonds. The molecular formula is C16H18N2O4. The fraction of sp³-hybridized carbons (Fsp3) is 0.312. The molecule has 1 aromatic carbocycles. The van der Waals surface area contributed by atoms with E-state index in [2.05, 4.69) is 0 Å². The molecule has 22 heavy (non-hydrogen) atoms. The van der Waals surface area contributed by atoms with Gasteiger partial charge in [0.05, 0.1) is 23.8 Å². The van der Waals surface area contributed by atoms with Gasteiger partial charge in [-0.15, -0.1) is 0 Å². The van der Waals surface area contributed by atoms with Crippen LogP contribution in [0.2, 0.25) is 0 Å². The first-order valence-corrected chi connectivity index (χ1v) is 7.12. The van der Waals surface area contributed by atoms with Gasteiger partial charge in [-0.3, -0.25) is 14.5 Å². The molecule has 1 unspecified atom stereocenters. The molecule has 1 aliphatic rings. The molecule has 2 rings (SSSR count). The normalized spacial score (nSPS) is 15.7. The van der Waals surface area contributed by atoms with Crippen molar-refractivity contribution in [3.05, 3.63) is 47.2 Å². The van der Waals surface area contributed by atoms with E-state index in [1.54, 1.807) is 38.1 Å². The topological polar surface area (TPSA) is 89.7 Å². The van der Waals surface area contributed by atoms with Crippen molar-refractivity contribution in [2.75, 3.05) is 6.61 Å². The molecular weight excluding hydrogens is 284 g/mol. The Morgan fingerprint density at radius 1 is 1.23 bits per heavy atom. The minimum atomic E-state index is -0.670. The Hall–Kier alpha value is -2.63. The summed E-state index contributed by atoms with van der Waals surface area (Å²) in [4.78, 5) is 37.5. The van der Waals surface area contributed by atoms with E-state index in [0.717, 1.165) is 11.0 Å². The van der Waals surface area contributed by atoms with Crippen LogP contribution in [0.3, 0.4) is 0 Å². The fourth-order valence-electron chi connectivity index (χ4n) is 2.47. The van der Waals surface area contributed by atoms with Gasteiger partial charge in [0.15, 0.2) is 0 Å². The number of nitrogens with two attached hydrogens (primary N) is 1. The Bertz CT molecular complexity index is 616. The third kappa shape index (κ3) is 2.72. The summed E-state index contributed by atoms with van der Waals surface area (Å²) in [5.41, 5.74) is 6.76. The molecule has 0 spiro atoms. The van der Waals surface area contributed by atoms with Crippen molar-refractivity contribution in [1.29, 1.82) is 0 Å². The van der Waals surface area contributed by atoms with E-state index in [4.69, 9.17) is 10.5 Å². The summed E-state index contributed by atoms with van der Waals surface area (Å²) < 4.78 is 4.80. The van der Waals surface area contributed by atoms with Crippen LogP contribution in [-0.2, 0) is 9.53 Å². The van der Waals surface area contributed by atoms with Gasteiger partial charge in [0.25, 0.3) is 11.8 Å². The van der Waals surface area contributed by atoms with E-state index in [9.17, 15) is 14.4 Å². The molecule has 2 N–H and O–H groups in total. The summed E-state index contributed by atoms with van der Waals surface area (Å²) in [7, 11) is 0. The third-order valence-electron chi connectivity index (χ3n) is 3.48. The fourth-order valence-corrected chi connectivity index (χ4v) is 2.47. The van der Waals surface area contributed by atoms with E-state index in [-0.39, 0.29) is 12.3 Å². The maximum atomic E-state index is 12.4. The standard InChI is InChI=1S/C16H18N2O4/c1-3-13(12(17)9-14(19)22-4-2)18-15(20)10-7-5-6-8-11(10)16(18)21/h5-9,13H,3-4,17H2,1-2H3/b12-9-. The summed E-state index contributed by atoms with van der Waals surface area (Å²) in [6, 6.07) is 5.94. The molecule has 0 fully saturated rings. The maximum absolute atomic E-state index is 12.4. The van der Waals surface area contributed by atoms with Gasteiger partial charge in [0.2, 0.25) is 0 Å². The summed E-state index contributed by atoms with van der Waals surface area (Å²) in [6.07, 6.45) is 1.54. The average Bonchev–Trinajstić information content (AvgIpc) is 2.74. The van der Waals surface area contributed by atoms with Crippen LogP contribution < -0.4 is 5.73 Å². The van der Waals surface area contributed by atoms with Crippen molar-refractivity contribution in [3.63, 3.8) is 0 Å². The Morgan fingerprint density at radius 3 is 2.23 bits per heavy atom. The van der Waals surface area contributed by atoms with Gasteiger partial charge >= 0.3 is 5.97 Å². The Morgan fingerprint density at radius 2 is 1.77 bits per heavy atom. The minimum Gasteiger partial charge on any atom is -0.463 e. The molecule has 1 atom stereocenters. The minimum absolute atomic E-state index is 0.135. The molecule has 0 saturated heterocycles. The number of imide groups is 1. The molecule has 0 aromatic heterocycles. The van der Waals surface area contributed by atoms with Crippen LogP contribution in [0.5, 0.6) is 0 Å². The van der Waals surface area contributed by atoms with Gasteiger partial charge in [0.1, 0.15) is 0 Å². The van der Waals surface area contributed by atoms with Crippen LogP contribution in [0.1, 0.15) is 41.0 Å². The number of fused-ring (bicyclic) bond motifs is 1. The zero-order valence-corrected chi connectivity index (χ0v) is 12.5. The Labute approximate surface area is 128 Å². The smallest absolute Gasteiger partial charge is 0.332 e. The van der Waals surface area contributed by atoms with Gasteiger partial charge in [0, 0.05) is 11.8 Å². The number of hydrogen-bond donors (Lipinski definition) is 1. The van der Waals surface area contributed by atoms with E-state index in [1.165, 1.54) is 0 Å². The monoisotopic (exact) mass is 302 g/mol. The summed E-state index contributed by atoms with van der Waals surface area (Å²) in [6.45, 7) is 3.70. The summed E-state index contributed by atoms with van der Waals surface area (Å²) >= 11 is 0. The molecule has 0 radical (unpaired) electrons. The first-order chi connectivity index (χ1) is 10.5. The highest BCUT2D eigenvalue weighted by molar-refractivity contribution is 6.21. The lowest BCUT2D eigenvalue weighted by atomic mass is 10.1. The second-order valence-corrected chi connectivity index (χ2v) is 4.85. The second-order valence-electron chi connectivity index (χ2n) is 4.85. The first kappa shape index (κ1) is 15.8. The van der Waals surface area contributed by atoms with Crippen molar-refractivity contribution in [1.82, 2.24) is 4.90 Å². The molecule has 0 bridgehead atoms. The quantitative estimate of drug-likeness (QED) is 0.505. The molecule has 6 nitrogen and oxygen atoms in total. The van der Waals surface area contributed by atoms with Crippen LogP contribution in [0.25, 0.3) is 0 Å². The Balaban J connectivity index is 2.32. The van der Waals surface area contributed by atoms with Crippen molar-refractivity contribution in [2.45, 2.75) is 26.3 Å². The number of benzene rings is 1. The summed E-state index contributed by atoms with van der Waals surface area (Å²) in [5, 5.41) is 0. The highest BCUT2D eigenvalue weighted by atomic mass is 16.5. The van der Waals surface area contributed by atoms with Gasteiger partial charge in [-0.2, -0.15) is 0 Å². The van der Waals surface area contributed by atoms with Crippen LogP contribution in [0.15, 0.2) is 36.0 Å². The zero-order chi connectivity index (χ0) is 16.3. The number of esters is 1. The van der Waals surface area contributed by atoms with E-state index < -0.39 is 23.8 Å². The second kappa shape index (κ2) is 6.43. The van der Waals surface area contributed by atoms with E-state index in [1.807, 2.05) is 0 Å². The van der Waals surface area contributed by atoms with Crippen molar-refractivity contribution in [3.8, 4) is 0 Å². The number of ether oxygens (including phenoxy) is 1. The first-order valence-electron chi connectivity index (χ1n) is 7.12. The maximum Gasteiger partial charge on any atom is 0.332 e. The van der Waals surface area contributed by atoms with E-state index in [0.29, 0.717) is 17.5 Å². The van der Waals surface area contributed by atoms with Gasteiger partial charge in [-0.1, -0.05) is 19.1 Å². The van der Waals surface area contributed by atoms with Crippen LogP contribution in [0.4, 0.5) is 0 Å². The summed E-state index contributed by atoms with van der Waals surface area (Å²) in [5.74, 6) is -1.38. The molecule has 0 aliphatic carbocycles. The molecule has 1 aliphatic heterocycles. The molecule has 6 heteroatoms. The van der Waals surface area contributed by atoms with Gasteiger partial charge in [-0.05, 0) is 25.5 Å². The third-order valence-corrected chi connectivity index (χ3v) is 3.48. The number of hydrogen-bond acceptors (Lipinski definition) is 5. The molecule has 1 heterocycles. The predicted octanol–water partition coefficient (Wildman–Crippen LogP) is 1.47. The molecule has 1 aromatic rings. The predicted molar refractivity (Wildman–Crippen MR) is 79.9 cm³/mol. The van der Waals surface area contributed by atoms with Crippen molar-refractivity contribution < 1.29 is 19.1 Å². The van der Waals surface area contributed by atoms with Crippen LogP contribution in [-0.4, -0.2) is 35.3 Å². The highest BCUT2D eigenvalue weighted by Gasteiger charge is 2.40. The number of amides is 2. The van der Waals surface area contributed by atoms with Gasteiger partial charge in [-0.25, -0.2) is 4.79 Å². The van der Waals surface area contributed by atoms with Crippen LogP contribution >= 0.6 is 0 Å². The number of nitrogens with zero attached hydrogens (tertiary/aromatic N) is 1. The molecule has 0 saturated carbocycles. The van der Waals surface area contributed by atoms with E-state index >= 15 is 0 Å². The number of rotatable bonds is 5.